The predicted molar refractivity (Wildman–Crippen MR) is 179 cm³/mol. The SMILES string of the molecule is Cc1cc(C)c(B2c3ccccc3N3c4cccc5c4C4(c6ccccc6C5c5ccccc54)c4cccc2c43)c(C)c1. The summed E-state index contributed by atoms with van der Waals surface area (Å²) < 4.78 is 0. The van der Waals surface area contributed by atoms with Gasteiger partial charge in [0.1, 0.15) is 0 Å². The van der Waals surface area contributed by atoms with Crippen molar-refractivity contribution in [3.8, 4) is 0 Å². The molecule has 2 heteroatoms. The van der Waals surface area contributed by atoms with Crippen LogP contribution in [0.25, 0.3) is 0 Å². The molecule has 0 fully saturated rings. The van der Waals surface area contributed by atoms with Gasteiger partial charge in [0.15, 0.2) is 0 Å². The second-order valence-electron chi connectivity index (χ2n) is 13.0. The van der Waals surface area contributed by atoms with Crippen LogP contribution < -0.4 is 21.3 Å². The molecule has 2 heterocycles. The van der Waals surface area contributed by atoms with Crippen LogP contribution in [-0.2, 0) is 5.41 Å². The van der Waals surface area contributed by atoms with Crippen LogP contribution in [0.4, 0.5) is 17.1 Å². The molecule has 202 valence electrons. The van der Waals surface area contributed by atoms with Gasteiger partial charge in [-0.25, -0.2) is 0 Å². The largest absolute Gasteiger partial charge is 0.311 e. The second-order valence-corrected chi connectivity index (χ2v) is 13.0. The van der Waals surface area contributed by atoms with Crippen molar-refractivity contribution in [2.45, 2.75) is 32.1 Å². The normalized spacial score (nSPS) is 19.3. The van der Waals surface area contributed by atoms with Gasteiger partial charge >= 0.3 is 0 Å². The monoisotopic (exact) mass is 547 g/mol. The molecule has 0 N–H and O–H groups in total. The first kappa shape index (κ1) is 23.7. The number of benzene rings is 6. The van der Waals surface area contributed by atoms with Crippen LogP contribution in [-0.4, -0.2) is 6.71 Å². The van der Waals surface area contributed by atoms with E-state index in [1.165, 1.54) is 89.1 Å². The molecule has 0 aromatic heterocycles. The number of nitrogens with zero attached hydrogens (tertiary/aromatic N) is 1. The lowest BCUT2D eigenvalue weighted by atomic mass is 9.33. The Morgan fingerprint density at radius 1 is 0.558 bits per heavy atom. The molecule has 3 aliphatic carbocycles. The zero-order valence-electron chi connectivity index (χ0n) is 24.6. The number of hydrogen-bond donors (Lipinski definition) is 0. The van der Waals surface area contributed by atoms with E-state index in [1.54, 1.807) is 0 Å². The van der Waals surface area contributed by atoms with Gasteiger partial charge in [-0.2, -0.15) is 0 Å². The van der Waals surface area contributed by atoms with Gasteiger partial charge in [0, 0.05) is 17.3 Å². The standard InChI is InChI=1S/C41H30BN/c1-24-22-25(2)39(26(3)23-24)42-33-18-8-9-20-35(33)43-36-21-10-14-29-37-27-12-4-6-15-30(27)41(38(29)36,31-16-7-5-13-28(31)37)32-17-11-19-34(42)40(32)43/h4-23,37H,1-3H3. The number of para-hydroxylation sites is 2. The molecule has 6 aromatic carbocycles. The number of fused-ring (bicyclic) bond motifs is 3. The van der Waals surface area contributed by atoms with Crippen molar-refractivity contribution in [3.63, 3.8) is 0 Å². The van der Waals surface area contributed by atoms with E-state index in [9.17, 15) is 0 Å². The molecule has 0 saturated heterocycles. The van der Waals surface area contributed by atoms with Gasteiger partial charge in [0.25, 0.3) is 0 Å². The molecule has 2 bridgehead atoms. The first-order valence-electron chi connectivity index (χ1n) is 15.5. The summed E-state index contributed by atoms with van der Waals surface area (Å²) in [4.78, 5) is 2.62. The van der Waals surface area contributed by atoms with E-state index in [2.05, 4.69) is 147 Å². The Balaban J connectivity index is 1.41. The average molecular weight is 548 g/mol. The van der Waals surface area contributed by atoms with Gasteiger partial charge in [-0.05, 0) is 82.8 Å². The van der Waals surface area contributed by atoms with Gasteiger partial charge < -0.3 is 4.90 Å². The maximum Gasteiger partial charge on any atom is 0.247 e. The molecule has 0 radical (unpaired) electrons. The summed E-state index contributed by atoms with van der Waals surface area (Å²) >= 11 is 0. The Hall–Kier alpha value is -4.82. The van der Waals surface area contributed by atoms with Crippen LogP contribution in [0.1, 0.15) is 61.6 Å². The Labute approximate surface area is 253 Å². The van der Waals surface area contributed by atoms with Crippen LogP contribution in [0.3, 0.4) is 0 Å². The fourth-order valence-corrected chi connectivity index (χ4v) is 9.69. The molecule has 1 nitrogen and oxygen atoms in total. The molecule has 0 atom stereocenters. The molecular formula is C41H30BN. The van der Waals surface area contributed by atoms with Crippen LogP contribution in [0.2, 0.25) is 0 Å². The topological polar surface area (TPSA) is 3.24 Å². The van der Waals surface area contributed by atoms with E-state index < -0.39 is 0 Å². The van der Waals surface area contributed by atoms with Crippen molar-refractivity contribution in [3.05, 3.63) is 177 Å². The number of aryl methyl sites for hydroxylation is 3. The highest BCUT2D eigenvalue weighted by Gasteiger charge is 2.58. The van der Waals surface area contributed by atoms with Gasteiger partial charge in [0.2, 0.25) is 6.71 Å². The summed E-state index contributed by atoms with van der Waals surface area (Å²) in [7, 11) is 0. The summed E-state index contributed by atoms with van der Waals surface area (Å²) in [6, 6.07) is 46.7. The third-order valence-corrected chi connectivity index (χ3v) is 10.9. The summed E-state index contributed by atoms with van der Waals surface area (Å²) in [6.07, 6.45) is 0. The lowest BCUT2D eigenvalue weighted by Crippen LogP contribution is -2.60. The maximum atomic E-state index is 2.62. The number of rotatable bonds is 1. The Bertz CT molecular complexity index is 2140. The molecule has 43 heavy (non-hydrogen) atoms. The Kier molecular flexibility index (Phi) is 4.39. The van der Waals surface area contributed by atoms with E-state index in [-0.39, 0.29) is 18.0 Å². The summed E-state index contributed by atoms with van der Waals surface area (Å²) in [5.41, 5.74) is 22.1. The molecular weight excluding hydrogens is 517 g/mol. The van der Waals surface area contributed by atoms with Crippen molar-refractivity contribution in [2.75, 3.05) is 4.90 Å². The molecule has 11 rings (SSSR count). The second kappa shape index (κ2) is 7.96. The lowest BCUT2D eigenvalue weighted by Gasteiger charge is -2.57. The first-order valence-corrected chi connectivity index (χ1v) is 15.5. The molecule has 0 saturated carbocycles. The third-order valence-electron chi connectivity index (χ3n) is 10.9. The fraction of sp³-hybridized carbons (Fsp3) is 0.122. The Morgan fingerprint density at radius 3 is 1.86 bits per heavy atom. The van der Waals surface area contributed by atoms with Crippen molar-refractivity contribution < 1.29 is 0 Å². The molecule has 6 aromatic rings. The summed E-state index contributed by atoms with van der Waals surface area (Å²) in [5.74, 6) is 0.250. The number of hydrogen-bond acceptors (Lipinski definition) is 1. The minimum absolute atomic E-state index is 0.162. The Morgan fingerprint density at radius 2 is 1.12 bits per heavy atom. The number of anilines is 3. The van der Waals surface area contributed by atoms with Crippen molar-refractivity contribution in [2.24, 2.45) is 0 Å². The molecule has 1 spiro atoms. The average Bonchev–Trinajstić information content (AvgIpc) is 3.03. The van der Waals surface area contributed by atoms with Crippen LogP contribution in [0, 0.1) is 20.8 Å². The molecule has 0 amide bonds. The summed E-state index contributed by atoms with van der Waals surface area (Å²) in [5, 5.41) is 0. The molecule has 0 unspecified atom stereocenters. The predicted octanol–water partition coefficient (Wildman–Crippen LogP) is 7.41. The van der Waals surface area contributed by atoms with E-state index in [1.807, 2.05) is 0 Å². The fourth-order valence-electron chi connectivity index (χ4n) is 9.69. The highest BCUT2D eigenvalue weighted by Crippen LogP contribution is 2.67. The van der Waals surface area contributed by atoms with Crippen LogP contribution in [0.15, 0.2) is 121 Å². The van der Waals surface area contributed by atoms with E-state index >= 15 is 0 Å². The van der Waals surface area contributed by atoms with Gasteiger partial charge in [0.05, 0.1) is 11.1 Å². The minimum atomic E-state index is -0.357. The highest BCUT2D eigenvalue weighted by atomic mass is 15.2. The van der Waals surface area contributed by atoms with Gasteiger partial charge in [-0.15, -0.1) is 0 Å². The first-order chi connectivity index (χ1) is 21.1. The molecule has 5 aliphatic rings. The van der Waals surface area contributed by atoms with Crippen molar-refractivity contribution in [1.29, 1.82) is 0 Å². The zero-order chi connectivity index (χ0) is 28.6. The highest BCUT2D eigenvalue weighted by molar-refractivity contribution is 6.98. The minimum Gasteiger partial charge on any atom is -0.311 e. The van der Waals surface area contributed by atoms with Gasteiger partial charge in [-0.3, -0.25) is 0 Å². The van der Waals surface area contributed by atoms with E-state index in [0.717, 1.165) is 0 Å². The van der Waals surface area contributed by atoms with Crippen LogP contribution >= 0.6 is 0 Å². The third kappa shape index (κ3) is 2.63. The molecule has 2 aliphatic heterocycles. The van der Waals surface area contributed by atoms with E-state index in [4.69, 9.17) is 0 Å². The van der Waals surface area contributed by atoms with Crippen molar-refractivity contribution >= 4 is 40.2 Å². The summed E-state index contributed by atoms with van der Waals surface area (Å²) in [6.45, 7) is 6.98. The van der Waals surface area contributed by atoms with Crippen molar-refractivity contribution in [1.82, 2.24) is 0 Å². The lowest BCUT2D eigenvalue weighted by molar-refractivity contribution is 0.623. The van der Waals surface area contributed by atoms with Gasteiger partial charge in [-0.1, -0.05) is 131 Å². The van der Waals surface area contributed by atoms with Crippen LogP contribution in [0.5, 0.6) is 0 Å². The quantitative estimate of drug-likeness (QED) is 0.194. The smallest absolute Gasteiger partial charge is 0.247 e. The van der Waals surface area contributed by atoms with E-state index in [0.29, 0.717) is 0 Å². The zero-order valence-corrected chi connectivity index (χ0v) is 24.6. The maximum absolute atomic E-state index is 2.62.